The lowest BCUT2D eigenvalue weighted by Crippen LogP contribution is -2.45. The summed E-state index contributed by atoms with van der Waals surface area (Å²) in [5.74, 6) is 2.23. The molecule has 0 amide bonds. The SMILES string of the molecule is Oc1cccnc1CNCc1ccc(CCC23CC2[C@]32CCCCC2NCc2nc3ccccc3[nH]2)cc1. The summed E-state index contributed by atoms with van der Waals surface area (Å²) in [4.78, 5) is 12.5. The van der Waals surface area contributed by atoms with Crippen molar-refractivity contribution >= 4 is 11.0 Å². The van der Waals surface area contributed by atoms with Crippen LogP contribution in [-0.4, -0.2) is 26.1 Å². The van der Waals surface area contributed by atoms with E-state index in [9.17, 15) is 5.11 Å². The van der Waals surface area contributed by atoms with Crippen molar-refractivity contribution in [3.8, 4) is 5.75 Å². The molecule has 2 aromatic heterocycles. The Balaban J connectivity index is 0.932. The quantitative estimate of drug-likeness (QED) is 0.224. The van der Waals surface area contributed by atoms with Gasteiger partial charge < -0.3 is 20.7 Å². The monoisotopic (exact) mass is 507 g/mol. The number of hydrogen-bond donors (Lipinski definition) is 4. The molecule has 1 spiro atoms. The second-order valence-electron chi connectivity index (χ2n) is 11.7. The number of benzene rings is 2. The lowest BCUT2D eigenvalue weighted by atomic mass is 9.70. The largest absolute Gasteiger partial charge is 0.506 e. The van der Waals surface area contributed by atoms with E-state index < -0.39 is 0 Å². The third kappa shape index (κ3) is 4.11. The van der Waals surface area contributed by atoms with Crippen molar-refractivity contribution in [3.63, 3.8) is 0 Å². The van der Waals surface area contributed by atoms with Crippen LogP contribution < -0.4 is 10.6 Å². The molecule has 196 valence electrons. The molecule has 2 aromatic carbocycles. The number of H-pyrrole nitrogens is 1. The summed E-state index contributed by atoms with van der Waals surface area (Å²) in [6.07, 6.45) is 11.1. The van der Waals surface area contributed by atoms with Crippen molar-refractivity contribution in [2.75, 3.05) is 0 Å². The highest BCUT2D eigenvalue weighted by molar-refractivity contribution is 5.74. The molecule has 0 aliphatic heterocycles. The highest BCUT2D eigenvalue weighted by Gasteiger charge is 2.88. The summed E-state index contributed by atoms with van der Waals surface area (Å²) in [7, 11) is 0. The van der Waals surface area contributed by atoms with Gasteiger partial charge in [-0.1, -0.05) is 49.2 Å². The van der Waals surface area contributed by atoms with Gasteiger partial charge in [0.25, 0.3) is 0 Å². The van der Waals surface area contributed by atoms with Gasteiger partial charge in [-0.05, 0) is 84.2 Å². The molecule has 4 N–H and O–H groups in total. The van der Waals surface area contributed by atoms with E-state index in [0.717, 1.165) is 35.9 Å². The number of para-hydroxylation sites is 2. The minimum absolute atomic E-state index is 0.246. The van der Waals surface area contributed by atoms with Crippen molar-refractivity contribution in [2.24, 2.45) is 16.7 Å². The van der Waals surface area contributed by atoms with Gasteiger partial charge in [0.1, 0.15) is 11.6 Å². The van der Waals surface area contributed by atoms with E-state index in [0.29, 0.717) is 29.1 Å². The molecule has 3 aliphatic rings. The van der Waals surface area contributed by atoms with Gasteiger partial charge in [0.15, 0.2) is 0 Å². The Morgan fingerprint density at radius 2 is 1.82 bits per heavy atom. The van der Waals surface area contributed by atoms with Crippen molar-refractivity contribution in [1.29, 1.82) is 0 Å². The fraction of sp³-hybridized carbons (Fsp3) is 0.438. The van der Waals surface area contributed by atoms with Gasteiger partial charge in [0.05, 0.1) is 23.3 Å². The number of pyridine rings is 1. The lowest BCUT2D eigenvalue weighted by Gasteiger charge is -2.40. The molecule has 4 aromatic rings. The van der Waals surface area contributed by atoms with E-state index in [1.807, 2.05) is 0 Å². The molecular formula is C32H37N5O. The third-order valence-corrected chi connectivity index (χ3v) is 9.82. The van der Waals surface area contributed by atoms with Crippen LogP contribution in [0.15, 0.2) is 66.9 Å². The summed E-state index contributed by atoms with van der Waals surface area (Å²) in [5, 5.41) is 17.2. The zero-order chi connectivity index (χ0) is 25.6. The van der Waals surface area contributed by atoms with E-state index >= 15 is 0 Å². The Labute approximate surface area is 224 Å². The number of rotatable bonds is 10. The number of nitrogens with one attached hydrogen (secondary N) is 3. The van der Waals surface area contributed by atoms with Crippen LogP contribution in [0.1, 0.15) is 61.2 Å². The van der Waals surface area contributed by atoms with Crippen molar-refractivity contribution in [2.45, 2.75) is 70.6 Å². The molecule has 2 heterocycles. The topological polar surface area (TPSA) is 85.9 Å². The van der Waals surface area contributed by atoms with E-state index in [-0.39, 0.29) is 5.75 Å². The number of fused-ring (bicyclic) bond motifs is 4. The molecule has 3 unspecified atom stereocenters. The number of nitrogens with zero attached hydrogens (tertiary/aromatic N) is 2. The van der Waals surface area contributed by atoms with E-state index in [1.54, 1.807) is 18.3 Å². The number of aromatic hydroxyl groups is 1. The second-order valence-corrected chi connectivity index (χ2v) is 11.7. The Morgan fingerprint density at radius 1 is 0.947 bits per heavy atom. The fourth-order valence-electron chi connectivity index (χ4n) is 7.73. The highest BCUT2D eigenvalue weighted by Crippen LogP contribution is 2.92. The van der Waals surface area contributed by atoms with Gasteiger partial charge in [-0.2, -0.15) is 0 Å². The number of imidazole rings is 1. The highest BCUT2D eigenvalue weighted by atomic mass is 16.3. The Morgan fingerprint density at radius 3 is 2.66 bits per heavy atom. The van der Waals surface area contributed by atoms with Crippen LogP contribution in [0, 0.1) is 16.7 Å². The first-order valence-electron chi connectivity index (χ1n) is 14.3. The van der Waals surface area contributed by atoms with E-state index in [2.05, 4.69) is 69.1 Å². The normalized spacial score (nSPS) is 27.5. The first-order valence-corrected chi connectivity index (χ1v) is 14.3. The summed E-state index contributed by atoms with van der Waals surface area (Å²) in [6.45, 7) is 2.16. The van der Waals surface area contributed by atoms with Crippen molar-refractivity contribution < 1.29 is 5.11 Å². The van der Waals surface area contributed by atoms with Crippen LogP contribution >= 0.6 is 0 Å². The molecule has 0 radical (unpaired) electrons. The average Bonchev–Trinajstić information content (AvgIpc) is 3.75. The predicted octanol–water partition coefficient (Wildman–Crippen LogP) is 5.62. The second kappa shape index (κ2) is 9.51. The first-order chi connectivity index (χ1) is 18.7. The molecule has 3 aliphatic carbocycles. The molecule has 0 saturated heterocycles. The molecule has 0 bridgehead atoms. The minimum atomic E-state index is 0.246. The predicted molar refractivity (Wildman–Crippen MR) is 149 cm³/mol. The molecule has 4 atom stereocenters. The zero-order valence-corrected chi connectivity index (χ0v) is 21.9. The summed E-state index contributed by atoms with van der Waals surface area (Å²) < 4.78 is 0. The summed E-state index contributed by atoms with van der Waals surface area (Å²) in [5.41, 5.74) is 6.68. The molecule has 6 heteroatoms. The molecule has 6 nitrogen and oxygen atoms in total. The Bertz CT molecular complexity index is 1400. The first kappa shape index (κ1) is 23.9. The third-order valence-electron chi connectivity index (χ3n) is 9.82. The summed E-state index contributed by atoms with van der Waals surface area (Å²) >= 11 is 0. The standard InChI is InChI=1S/C32H37N5O/c38-27-8-5-17-34-26(27)20-33-19-23-12-10-22(11-13-23)14-16-31-18-28(31)32(31)15-4-3-9-29(32)35-21-30-36-24-6-1-2-7-25(24)37-30/h1-2,5-8,10-13,17,28-29,33,35,38H,3-4,9,14-16,18-21H2,(H,36,37)/t28?,29?,31?,32-/m0/s1. The maximum absolute atomic E-state index is 9.88. The maximum atomic E-state index is 9.88. The van der Waals surface area contributed by atoms with Crippen LogP contribution in [0.4, 0.5) is 0 Å². The van der Waals surface area contributed by atoms with Gasteiger partial charge >= 0.3 is 0 Å². The fourth-order valence-corrected chi connectivity index (χ4v) is 7.73. The van der Waals surface area contributed by atoms with Gasteiger partial charge in [0, 0.05) is 25.3 Å². The number of aromatic nitrogens is 3. The van der Waals surface area contributed by atoms with Crippen LogP contribution in [0.3, 0.4) is 0 Å². The van der Waals surface area contributed by atoms with E-state index in [1.165, 1.54) is 56.1 Å². The average molecular weight is 508 g/mol. The summed E-state index contributed by atoms with van der Waals surface area (Å²) in [6, 6.07) is 21.4. The Kier molecular flexibility index (Phi) is 5.97. The number of hydrogen-bond acceptors (Lipinski definition) is 5. The van der Waals surface area contributed by atoms with Gasteiger partial charge in [-0.15, -0.1) is 0 Å². The van der Waals surface area contributed by atoms with Crippen molar-refractivity contribution in [3.05, 3.63) is 89.5 Å². The molecule has 3 saturated carbocycles. The minimum Gasteiger partial charge on any atom is -0.506 e. The molecule has 7 rings (SSSR count). The van der Waals surface area contributed by atoms with E-state index in [4.69, 9.17) is 4.98 Å². The van der Waals surface area contributed by atoms with Crippen LogP contribution in [0.25, 0.3) is 11.0 Å². The van der Waals surface area contributed by atoms with Crippen LogP contribution in [0.5, 0.6) is 5.75 Å². The van der Waals surface area contributed by atoms with Gasteiger partial charge in [-0.25, -0.2) is 4.98 Å². The Hall–Kier alpha value is -3.22. The molecular weight excluding hydrogens is 470 g/mol. The molecule has 38 heavy (non-hydrogen) atoms. The van der Waals surface area contributed by atoms with Gasteiger partial charge in [-0.3, -0.25) is 4.98 Å². The number of aryl methyl sites for hydroxylation is 1. The van der Waals surface area contributed by atoms with Gasteiger partial charge in [0.2, 0.25) is 0 Å². The smallest absolute Gasteiger partial charge is 0.138 e. The van der Waals surface area contributed by atoms with Crippen LogP contribution in [0.2, 0.25) is 0 Å². The maximum Gasteiger partial charge on any atom is 0.138 e. The lowest BCUT2D eigenvalue weighted by molar-refractivity contribution is 0.135. The number of aromatic amines is 1. The van der Waals surface area contributed by atoms with Crippen molar-refractivity contribution in [1.82, 2.24) is 25.6 Å². The molecule has 3 fully saturated rings. The zero-order valence-electron chi connectivity index (χ0n) is 21.9. The van der Waals surface area contributed by atoms with Crippen LogP contribution in [-0.2, 0) is 26.1 Å².